The largest absolute Gasteiger partial charge is 0.299 e. The summed E-state index contributed by atoms with van der Waals surface area (Å²) in [5.41, 5.74) is 0.747. The molecule has 80 valence electrons. The Kier molecular flexibility index (Phi) is 3.46. The van der Waals surface area contributed by atoms with Crippen LogP contribution in [0.1, 0.15) is 5.56 Å². The van der Waals surface area contributed by atoms with Gasteiger partial charge in [-0.05, 0) is 27.6 Å². The van der Waals surface area contributed by atoms with E-state index in [1.165, 1.54) is 6.07 Å². The second kappa shape index (κ2) is 4.66. The van der Waals surface area contributed by atoms with Gasteiger partial charge in [0.05, 0.1) is 4.47 Å². The first-order chi connectivity index (χ1) is 7.18. The smallest absolute Gasteiger partial charge is 0.142 e. The summed E-state index contributed by atoms with van der Waals surface area (Å²) in [6, 6.07) is 4.81. The molecule has 1 heterocycles. The number of hydrogen-bond donors (Lipinski definition) is 0. The number of carbonyl (C=O) groups is 1. The second-order valence-corrected chi connectivity index (χ2v) is 5.46. The van der Waals surface area contributed by atoms with Gasteiger partial charge in [0.25, 0.3) is 0 Å². The van der Waals surface area contributed by atoms with E-state index in [1.54, 1.807) is 23.9 Å². The second-order valence-electron chi connectivity index (χ2n) is 3.59. The van der Waals surface area contributed by atoms with E-state index in [0.717, 1.165) is 17.1 Å². The highest BCUT2D eigenvalue weighted by Crippen LogP contribution is 2.28. The lowest BCUT2D eigenvalue weighted by molar-refractivity contribution is -0.121. The molecular weight excluding hydrogens is 279 g/mol. The van der Waals surface area contributed by atoms with E-state index in [-0.39, 0.29) is 17.5 Å². The molecule has 0 saturated carbocycles. The van der Waals surface area contributed by atoms with Gasteiger partial charge < -0.3 is 0 Å². The molecule has 0 atom stereocenters. The molecule has 15 heavy (non-hydrogen) atoms. The standard InChI is InChI=1S/C11H10BrFOS/c12-11-7(2-1-3-9(11)13)4-10(14)8-5-15-6-8/h1-3,8H,4-6H2. The van der Waals surface area contributed by atoms with Crippen LogP contribution in [-0.2, 0) is 11.2 Å². The Morgan fingerprint density at radius 3 is 2.87 bits per heavy atom. The van der Waals surface area contributed by atoms with Gasteiger partial charge in [-0.2, -0.15) is 11.8 Å². The van der Waals surface area contributed by atoms with Crippen LogP contribution in [0.5, 0.6) is 0 Å². The average Bonchev–Trinajstić information content (AvgIpc) is 2.10. The van der Waals surface area contributed by atoms with E-state index >= 15 is 0 Å². The fraction of sp³-hybridized carbons (Fsp3) is 0.364. The third-order valence-electron chi connectivity index (χ3n) is 2.49. The van der Waals surface area contributed by atoms with Crippen molar-refractivity contribution in [1.82, 2.24) is 0 Å². The fourth-order valence-electron chi connectivity index (χ4n) is 1.44. The molecule has 0 unspecified atom stereocenters. The van der Waals surface area contributed by atoms with Crippen LogP contribution in [0.4, 0.5) is 4.39 Å². The van der Waals surface area contributed by atoms with Crippen molar-refractivity contribution in [2.75, 3.05) is 11.5 Å². The van der Waals surface area contributed by atoms with Crippen molar-refractivity contribution in [3.05, 3.63) is 34.1 Å². The molecule has 0 aliphatic carbocycles. The van der Waals surface area contributed by atoms with Crippen molar-refractivity contribution in [3.63, 3.8) is 0 Å². The van der Waals surface area contributed by atoms with E-state index in [9.17, 15) is 9.18 Å². The molecule has 1 fully saturated rings. The minimum Gasteiger partial charge on any atom is -0.299 e. The molecule has 1 saturated heterocycles. The van der Waals surface area contributed by atoms with Crippen LogP contribution in [0.2, 0.25) is 0 Å². The van der Waals surface area contributed by atoms with E-state index in [4.69, 9.17) is 0 Å². The highest BCUT2D eigenvalue weighted by Gasteiger charge is 2.26. The summed E-state index contributed by atoms with van der Waals surface area (Å²) in [6.45, 7) is 0. The Hall–Kier alpha value is -0.350. The number of ketones is 1. The molecular formula is C11H10BrFOS. The first-order valence-electron chi connectivity index (χ1n) is 4.72. The zero-order valence-electron chi connectivity index (χ0n) is 8.00. The quantitative estimate of drug-likeness (QED) is 0.850. The Morgan fingerprint density at radius 1 is 1.53 bits per heavy atom. The summed E-state index contributed by atoms with van der Waals surface area (Å²) in [4.78, 5) is 11.7. The molecule has 1 aliphatic rings. The number of benzene rings is 1. The van der Waals surface area contributed by atoms with E-state index in [0.29, 0.717) is 10.9 Å². The Balaban J connectivity index is 2.09. The highest BCUT2D eigenvalue weighted by molar-refractivity contribution is 9.10. The molecule has 1 aromatic carbocycles. The molecule has 0 spiro atoms. The Morgan fingerprint density at radius 2 is 2.27 bits per heavy atom. The molecule has 4 heteroatoms. The average molecular weight is 289 g/mol. The molecule has 0 aromatic heterocycles. The topological polar surface area (TPSA) is 17.1 Å². The van der Waals surface area contributed by atoms with E-state index < -0.39 is 0 Å². The highest BCUT2D eigenvalue weighted by atomic mass is 79.9. The number of hydrogen-bond acceptors (Lipinski definition) is 2. The lowest BCUT2D eigenvalue weighted by Gasteiger charge is -2.23. The van der Waals surface area contributed by atoms with Crippen LogP contribution in [0, 0.1) is 11.7 Å². The number of halogens is 2. The van der Waals surface area contributed by atoms with Gasteiger partial charge in [-0.25, -0.2) is 4.39 Å². The normalized spacial score (nSPS) is 16.1. The predicted octanol–water partition coefficient (Wildman–Crippen LogP) is 3.06. The fourth-order valence-corrected chi connectivity index (χ4v) is 2.69. The predicted molar refractivity (Wildman–Crippen MR) is 63.6 cm³/mol. The van der Waals surface area contributed by atoms with Gasteiger partial charge in [-0.1, -0.05) is 12.1 Å². The van der Waals surface area contributed by atoms with Gasteiger partial charge in [0.15, 0.2) is 0 Å². The maximum atomic E-state index is 13.2. The van der Waals surface area contributed by atoms with Crippen LogP contribution in [0.15, 0.2) is 22.7 Å². The summed E-state index contributed by atoms with van der Waals surface area (Å²) in [5, 5.41) is 0. The van der Waals surface area contributed by atoms with Gasteiger partial charge in [0.1, 0.15) is 11.6 Å². The molecule has 1 nitrogen and oxygen atoms in total. The van der Waals surface area contributed by atoms with Crippen molar-refractivity contribution >= 4 is 33.5 Å². The molecule has 0 amide bonds. The maximum absolute atomic E-state index is 13.2. The maximum Gasteiger partial charge on any atom is 0.142 e. The molecule has 0 N–H and O–H groups in total. The van der Waals surface area contributed by atoms with Crippen molar-refractivity contribution in [2.24, 2.45) is 5.92 Å². The van der Waals surface area contributed by atoms with Gasteiger partial charge in [-0.15, -0.1) is 0 Å². The number of carbonyl (C=O) groups excluding carboxylic acids is 1. The third kappa shape index (κ3) is 2.42. The molecule has 0 radical (unpaired) electrons. The van der Waals surface area contributed by atoms with Crippen molar-refractivity contribution < 1.29 is 9.18 Å². The van der Waals surface area contributed by atoms with Crippen LogP contribution in [0.25, 0.3) is 0 Å². The van der Waals surface area contributed by atoms with Gasteiger partial charge in [0, 0.05) is 23.8 Å². The van der Waals surface area contributed by atoms with Crippen molar-refractivity contribution in [1.29, 1.82) is 0 Å². The minimum atomic E-state index is -0.303. The summed E-state index contributed by atoms with van der Waals surface area (Å²) >= 11 is 4.95. The summed E-state index contributed by atoms with van der Waals surface area (Å²) in [6.07, 6.45) is 0.337. The van der Waals surface area contributed by atoms with E-state index in [1.807, 2.05) is 0 Å². The first kappa shape index (κ1) is 11.1. The number of rotatable bonds is 3. The molecule has 0 bridgehead atoms. The minimum absolute atomic E-state index is 0.185. The number of Topliss-reactive ketones (excluding diaryl/α,β-unsaturated/α-hetero) is 1. The molecule has 2 rings (SSSR count). The monoisotopic (exact) mass is 288 g/mol. The summed E-state index contributed by atoms with van der Waals surface area (Å²) in [5.74, 6) is 1.95. The Bertz CT molecular complexity index is 390. The van der Waals surface area contributed by atoms with Crippen LogP contribution in [0.3, 0.4) is 0 Å². The zero-order valence-corrected chi connectivity index (χ0v) is 10.4. The van der Waals surface area contributed by atoms with Crippen LogP contribution >= 0.6 is 27.7 Å². The SMILES string of the molecule is O=C(Cc1cccc(F)c1Br)C1CSC1. The molecule has 1 aliphatic heterocycles. The van der Waals surface area contributed by atoms with Gasteiger partial charge >= 0.3 is 0 Å². The lowest BCUT2D eigenvalue weighted by atomic mass is 10.0. The summed E-state index contributed by atoms with van der Waals surface area (Å²) < 4.78 is 13.6. The summed E-state index contributed by atoms with van der Waals surface area (Å²) in [7, 11) is 0. The van der Waals surface area contributed by atoms with Crippen molar-refractivity contribution in [3.8, 4) is 0 Å². The van der Waals surface area contributed by atoms with Gasteiger partial charge in [0.2, 0.25) is 0 Å². The van der Waals surface area contributed by atoms with Crippen LogP contribution < -0.4 is 0 Å². The van der Waals surface area contributed by atoms with Crippen molar-refractivity contribution in [2.45, 2.75) is 6.42 Å². The number of thioether (sulfide) groups is 1. The van der Waals surface area contributed by atoms with Crippen LogP contribution in [-0.4, -0.2) is 17.3 Å². The third-order valence-corrected chi connectivity index (χ3v) is 4.65. The Labute approximate surface area is 101 Å². The lowest BCUT2D eigenvalue weighted by Crippen LogP contribution is -2.28. The first-order valence-corrected chi connectivity index (χ1v) is 6.66. The molecule has 1 aromatic rings. The zero-order chi connectivity index (χ0) is 10.8. The van der Waals surface area contributed by atoms with Gasteiger partial charge in [-0.3, -0.25) is 4.79 Å². The van der Waals surface area contributed by atoms with E-state index in [2.05, 4.69) is 15.9 Å².